The Morgan fingerprint density at radius 2 is 2.18 bits per heavy atom. The highest BCUT2D eigenvalue weighted by Gasteiger charge is 2.15. The second-order valence-electron chi connectivity index (χ2n) is 4.57. The Hall–Kier alpha value is -1.09. The molecule has 1 aromatic heterocycles. The Morgan fingerprint density at radius 3 is 2.65 bits per heavy atom. The second-order valence-corrected chi connectivity index (χ2v) is 4.57. The fraction of sp³-hybridized carbons (Fsp3) is 0.643. The first-order valence-electron chi connectivity index (χ1n) is 6.37. The fourth-order valence-corrected chi connectivity index (χ4v) is 2.15. The van der Waals surface area contributed by atoms with Crippen LogP contribution in [0.5, 0.6) is 5.88 Å². The minimum Gasteiger partial charge on any atom is -0.481 e. The molecule has 0 spiro atoms. The zero-order valence-electron chi connectivity index (χ0n) is 11.4. The van der Waals surface area contributed by atoms with Crippen molar-refractivity contribution in [3.63, 3.8) is 0 Å². The molecule has 0 aromatic carbocycles. The van der Waals surface area contributed by atoms with E-state index >= 15 is 0 Å². The smallest absolute Gasteiger partial charge is 0.212 e. The molecule has 0 amide bonds. The van der Waals surface area contributed by atoms with Crippen LogP contribution in [-0.4, -0.2) is 25.2 Å². The van der Waals surface area contributed by atoms with Crippen molar-refractivity contribution in [2.45, 2.75) is 39.2 Å². The Kier molecular flexibility index (Phi) is 5.98. The molecule has 0 aliphatic carbocycles. The molecule has 0 aliphatic rings. The SMILES string of the molecule is CCCC(C)C(Cc1ccc(OC)nc1)NC. The third-order valence-electron chi connectivity index (χ3n) is 3.26. The van der Waals surface area contributed by atoms with Crippen LogP contribution in [0, 0.1) is 5.92 Å². The number of hydrogen-bond acceptors (Lipinski definition) is 3. The quantitative estimate of drug-likeness (QED) is 0.790. The first-order chi connectivity index (χ1) is 8.21. The Bertz CT molecular complexity index is 311. The maximum atomic E-state index is 5.06. The van der Waals surface area contributed by atoms with Crippen LogP contribution in [0.3, 0.4) is 0 Å². The number of likely N-dealkylation sites (N-methyl/N-ethyl adjacent to an activating group) is 1. The van der Waals surface area contributed by atoms with E-state index in [0.29, 0.717) is 17.8 Å². The molecule has 0 fully saturated rings. The lowest BCUT2D eigenvalue weighted by molar-refractivity contribution is 0.370. The summed E-state index contributed by atoms with van der Waals surface area (Å²) in [5, 5.41) is 3.40. The van der Waals surface area contributed by atoms with Gasteiger partial charge in [0, 0.05) is 18.3 Å². The molecule has 1 aromatic rings. The zero-order valence-corrected chi connectivity index (χ0v) is 11.4. The van der Waals surface area contributed by atoms with Gasteiger partial charge in [0.2, 0.25) is 5.88 Å². The van der Waals surface area contributed by atoms with Crippen LogP contribution in [0.15, 0.2) is 18.3 Å². The maximum Gasteiger partial charge on any atom is 0.212 e. The van der Waals surface area contributed by atoms with Gasteiger partial charge in [0.1, 0.15) is 0 Å². The van der Waals surface area contributed by atoms with E-state index in [1.54, 1.807) is 7.11 Å². The Balaban J connectivity index is 2.60. The van der Waals surface area contributed by atoms with Gasteiger partial charge in [-0.05, 0) is 31.4 Å². The van der Waals surface area contributed by atoms with Crippen molar-refractivity contribution < 1.29 is 4.74 Å². The average molecular weight is 236 g/mol. The summed E-state index contributed by atoms with van der Waals surface area (Å²) in [6.07, 6.45) is 5.42. The number of aromatic nitrogens is 1. The van der Waals surface area contributed by atoms with Crippen molar-refractivity contribution in [2.24, 2.45) is 5.92 Å². The molecule has 0 radical (unpaired) electrons. The summed E-state index contributed by atoms with van der Waals surface area (Å²) in [5.74, 6) is 1.36. The monoisotopic (exact) mass is 236 g/mol. The molecule has 0 saturated carbocycles. The molecule has 1 N–H and O–H groups in total. The van der Waals surface area contributed by atoms with Gasteiger partial charge in [0.25, 0.3) is 0 Å². The van der Waals surface area contributed by atoms with E-state index in [1.165, 1.54) is 18.4 Å². The van der Waals surface area contributed by atoms with Gasteiger partial charge in [-0.15, -0.1) is 0 Å². The third-order valence-corrected chi connectivity index (χ3v) is 3.26. The van der Waals surface area contributed by atoms with E-state index in [4.69, 9.17) is 4.74 Å². The molecule has 1 heterocycles. The number of pyridine rings is 1. The number of rotatable bonds is 7. The van der Waals surface area contributed by atoms with Crippen LogP contribution in [0.2, 0.25) is 0 Å². The van der Waals surface area contributed by atoms with E-state index in [0.717, 1.165) is 6.42 Å². The molecule has 2 unspecified atom stereocenters. The minimum atomic E-state index is 0.519. The van der Waals surface area contributed by atoms with E-state index < -0.39 is 0 Å². The Labute approximate surface area is 105 Å². The number of ether oxygens (including phenoxy) is 1. The molecule has 96 valence electrons. The molecular weight excluding hydrogens is 212 g/mol. The first-order valence-corrected chi connectivity index (χ1v) is 6.37. The second kappa shape index (κ2) is 7.28. The van der Waals surface area contributed by atoms with Gasteiger partial charge < -0.3 is 10.1 Å². The average Bonchev–Trinajstić information content (AvgIpc) is 2.37. The standard InChI is InChI=1S/C14H24N2O/c1-5-6-11(2)13(15-3)9-12-7-8-14(17-4)16-10-12/h7-8,10-11,13,15H,5-6,9H2,1-4H3. The van der Waals surface area contributed by atoms with E-state index in [2.05, 4.69) is 30.2 Å². The summed E-state index contributed by atoms with van der Waals surface area (Å²) >= 11 is 0. The minimum absolute atomic E-state index is 0.519. The summed E-state index contributed by atoms with van der Waals surface area (Å²) < 4.78 is 5.06. The van der Waals surface area contributed by atoms with Gasteiger partial charge in [-0.25, -0.2) is 4.98 Å². The van der Waals surface area contributed by atoms with Crippen LogP contribution < -0.4 is 10.1 Å². The van der Waals surface area contributed by atoms with Crippen molar-refractivity contribution in [1.29, 1.82) is 0 Å². The maximum absolute atomic E-state index is 5.06. The zero-order chi connectivity index (χ0) is 12.7. The van der Waals surface area contributed by atoms with Crippen molar-refractivity contribution >= 4 is 0 Å². The summed E-state index contributed by atoms with van der Waals surface area (Å²) in [4.78, 5) is 4.24. The molecule has 17 heavy (non-hydrogen) atoms. The van der Waals surface area contributed by atoms with Crippen LogP contribution in [0.4, 0.5) is 0 Å². The number of nitrogens with zero attached hydrogens (tertiary/aromatic N) is 1. The van der Waals surface area contributed by atoms with Crippen molar-refractivity contribution in [2.75, 3.05) is 14.2 Å². The lowest BCUT2D eigenvalue weighted by Gasteiger charge is -2.23. The van der Waals surface area contributed by atoms with E-state index in [9.17, 15) is 0 Å². The largest absolute Gasteiger partial charge is 0.481 e. The van der Waals surface area contributed by atoms with E-state index in [1.807, 2.05) is 19.3 Å². The normalized spacial score (nSPS) is 14.4. The molecule has 2 atom stereocenters. The summed E-state index contributed by atoms with van der Waals surface area (Å²) in [5.41, 5.74) is 1.26. The lowest BCUT2D eigenvalue weighted by atomic mass is 9.92. The molecular formula is C14H24N2O. The number of nitrogens with one attached hydrogen (secondary N) is 1. The van der Waals surface area contributed by atoms with Gasteiger partial charge >= 0.3 is 0 Å². The predicted molar refractivity (Wildman–Crippen MR) is 71.4 cm³/mol. The van der Waals surface area contributed by atoms with Gasteiger partial charge in [-0.3, -0.25) is 0 Å². The van der Waals surface area contributed by atoms with Gasteiger partial charge in [-0.2, -0.15) is 0 Å². The fourth-order valence-electron chi connectivity index (χ4n) is 2.15. The number of methoxy groups -OCH3 is 1. The van der Waals surface area contributed by atoms with Crippen molar-refractivity contribution in [3.05, 3.63) is 23.9 Å². The molecule has 1 rings (SSSR count). The van der Waals surface area contributed by atoms with Crippen molar-refractivity contribution in [3.8, 4) is 5.88 Å². The van der Waals surface area contributed by atoms with Crippen LogP contribution in [0.25, 0.3) is 0 Å². The van der Waals surface area contributed by atoms with Crippen molar-refractivity contribution in [1.82, 2.24) is 10.3 Å². The summed E-state index contributed by atoms with van der Waals surface area (Å²) in [7, 11) is 3.68. The Morgan fingerprint density at radius 1 is 1.41 bits per heavy atom. The van der Waals surface area contributed by atoms with Crippen LogP contribution in [0.1, 0.15) is 32.3 Å². The first kappa shape index (κ1) is 14.0. The topological polar surface area (TPSA) is 34.1 Å². The summed E-state index contributed by atoms with van der Waals surface area (Å²) in [6.45, 7) is 4.54. The highest BCUT2D eigenvalue weighted by atomic mass is 16.5. The molecule has 0 bridgehead atoms. The summed E-state index contributed by atoms with van der Waals surface area (Å²) in [6, 6.07) is 4.53. The third kappa shape index (κ3) is 4.35. The molecule has 0 saturated heterocycles. The molecule has 0 aliphatic heterocycles. The predicted octanol–water partition coefficient (Wildman–Crippen LogP) is 2.66. The van der Waals surface area contributed by atoms with Gasteiger partial charge in [0.05, 0.1) is 7.11 Å². The molecule has 3 nitrogen and oxygen atoms in total. The van der Waals surface area contributed by atoms with Gasteiger partial charge in [0.15, 0.2) is 0 Å². The highest BCUT2D eigenvalue weighted by molar-refractivity contribution is 5.18. The van der Waals surface area contributed by atoms with E-state index in [-0.39, 0.29) is 0 Å². The van der Waals surface area contributed by atoms with Crippen LogP contribution >= 0.6 is 0 Å². The van der Waals surface area contributed by atoms with Gasteiger partial charge in [-0.1, -0.05) is 26.3 Å². The molecule has 3 heteroatoms. The lowest BCUT2D eigenvalue weighted by Crippen LogP contribution is -2.34. The number of hydrogen-bond donors (Lipinski definition) is 1. The highest BCUT2D eigenvalue weighted by Crippen LogP contribution is 2.16. The van der Waals surface area contributed by atoms with Crippen LogP contribution in [-0.2, 0) is 6.42 Å².